The minimum absolute atomic E-state index is 0.217. The van der Waals surface area contributed by atoms with Crippen LogP contribution < -0.4 is 24.3 Å². The predicted octanol–water partition coefficient (Wildman–Crippen LogP) is 3.31. The van der Waals surface area contributed by atoms with Gasteiger partial charge in [-0.2, -0.15) is 0 Å². The van der Waals surface area contributed by atoms with Crippen LogP contribution in [-0.2, 0) is 0 Å². The number of nitrogens with one attached hydrogen (secondary N) is 1. The number of rotatable bonds is 7. The molecule has 0 fully saturated rings. The second-order valence-electron chi connectivity index (χ2n) is 6.46. The summed E-state index contributed by atoms with van der Waals surface area (Å²) in [6.07, 6.45) is 1.39. The highest BCUT2D eigenvalue weighted by atomic mass is 16.7. The molecule has 2 atom stereocenters. The van der Waals surface area contributed by atoms with E-state index in [1.54, 1.807) is 0 Å². The Morgan fingerprint density at radius 2 is 1.46 bits per heavy atom. The fraction of sp³-hybridized carbons (Fsp3) is 0.400. The third-order valence-electron chi connectivity index (χ3n) is 4.70. The molecule has 6 heteroatoms. The summed E-state index contributed by atoms with van der Waals surface area (Å²) < 4.78 is 21.7. The lowest BCUT2D eigenvalue weighted by molar-refractivity contribution is 0.128. The van der Waals surface area contributed by atoms with E-state index >= 15 is 0 Å². The number of benzene rings is 2. The monoisotopic (exact) mass is 357 g/mol. The van der Waals surface area contributed by atoms with E-state index in [9.17, 15) is 5.11 Å². The number of ether oxygens (including phenoxy) is 4. The van der Waals surface area contributed by atoms with Crippen LogP contribution in [0.1, 0.15) is 43.0 Å². The quantitative estimate of drug-likeness (QED) is 0.741. The summed E-state index contributed by atoms with van der Waals surface area (Å²) in [5, 5.41) is 14.6. The van der Waals surface area contributed by atoms with Gasteiger partial charge >= 0.3 is 0 Å². The highest BCUT2D eigenvalue weighted by Gasteiger charge is 2.26. The lowest BCUT2D eigenvalue weighted by Gasteiger charge is -2.25. The number of unbranched alkanes of at least 4 members (excludes halogenated alkanes) is 1. The van der Waals surface area contributed by atoms with Crippen LogP contribution in [0.2, 0.25) is 0 Å². The average molecular weight is 357 g/mol. The van der Waals surface area contributed by atoms with Crippen molar-refractivity contribution in [2.45, 2.75) is 31.9 Å². The molecule has 4 rings (SSSR count). The Morgan fingerprint density at radius 3 is 2.12 bits per heavy atom. The number of hydrogen-bond acceptors (Lipinski definition) is 6. The van der Waals surface area contributed by atoms with E-state index in [2.05, 4.69) is 12.2 Å². The van der Waals surface area contributed by atoms with E-state index in [0.29, 0.717) is 17.2 Å². The van der Waals surface area contributed by atoms with E-state index in [-0.39, 0.29) is 19.6 Å². The Morgan fingerprint density at radius 1 is 0.885 bits per heavy atom. The van der Waals surface area contributed by atoms with Crippen LogP contribution >= 0.6 is 0 Å². The molecule has 0 spiro atoms. The van der Waals surface area contributed by atoms with Gasteiger partial charge in [-0.05, 0) is 48.4 Å². The third-order valence-corrected chi connectivity index (χ3v) is 4.70. The minimum Gasteiger partial charge on any atom is -0.454 e. The third kappa shape index (κ3) is 3.30. The van der Waals surface area contributed by atoms with Crippen molar-refractivity contribution >= 4 is 0 Å². The van der Waals surface area contributed by atoms with Gasteiger partial charge in [0.15, 0.2) is 23.0 Å². The van der Waals surface area contributed by atoms with E-state index in [4.69, 9.17) is 18.9 Å². The smallest absolute Gasteiger partial charge is 0.231 e. The zero-order valence-corrected chi connectivity index (χ0v) is 14.7. The van der Waals surface area contributed by atoms with Gasteiger partial charge in [-0.1, -0.05) is 25.5 Å². The van der Waals surface area contributed by atoms with Crippen LogP contribution in [0, 0.1) is 0 Å². The maximum absolute atomic E-state index is 11.1. The van der Waals surface area contributed by atoms with Crippen LogP contribution in [0.4, 0.5) is 0 Å². The minimum atomic E-state index is -0.735. The van der Waals surface area contributed by atoms with Crippen molar-refractivity contribution in [1.29, 1.82) is 0 Å². The first-order chi connectivity index (χ1) is 12.8. The van der Waals surface area contributed by atoms with E-state index in [0.717, 1.165) is 36.3 Å². The summed E-state index contributed by atoms with van der Waals surface area (Å²) >= 11 is 0. The van der Waals surface area contributed by atoms with Crippen LogP contribution in [0.5, 0.6) is 23.0 Å². The molecular weight excluding hydrogens is 334 g/mol. The summed E-state index contributed by atoms with van der Waals surface area (Å²) in [5.74, 6) is 2.82. The summed E-state index contributed by atoms with van der Waals surface area (Å²) in [6, 6.07) is 11.1. The van der Waals surface area contributed by atoms with Crippen molar-refractivity contribution in [3.8, 4) is 23.0 Å². The Bertz CT molecular complexity index is 779. The van der Waals surface area contributed by atoms with Gasteiger partial charge in [0.2, 0.25) is 13.6 Å². The van der Waals surface area contributed by atoms with Gasteiger partial charge in [-0.15, -0.1) is 0 Å². The predicted molar refractivity (Wildman–Crippen MR) is 95.7 cm³/mol. The van der Waals surface area contributed by atoms with Gasteiger partial charge in [0, 0.05) is 0 Å². The molecule has 2 aliphatic heterocycles. The molecule has 26 heavy (non-hydrogen) atoms. The second-order valence-corrected chi connectivity index (χ2v) is 6.46. The summed E-state index contributed by atoms with van der Waals surface area (Å²) in [6.45, 7) is 3.41. The number of aliphatic hydroxyl groups excluding tert-OH is 1. The van der Waals surface area contributed by atoms with Gasteiger partial charge in [0.1, 0.15) is 0 Å². The number of aliphatic hydroxyl groups is 1. The standard InChI is InChI=1S/C20H23NO5/c1-2-3-8-21-19(13-4-6-15-17(9-13)25-11-23-15)20(22)14-5-7-16-18(10-14)26-12-24-16/h4-7,9-10,19-22H,2-3,8,11-12H2,1H3/t19-,20-/m0/s1. The molecule has 0 radical (unpaired) electrons. The molecule has 0 saturated carbocycles. The lowest BCUT2D eigenvalue weighted by Crippen LogP contribution is -2.28. The molecule has 2 aromatic carbocycles. The molecule has 6 nitrogen and oxygen atoms in total. The molecule has 2 heterocycles. The molecule has 2 N–H and O–H groups in total. The van der Waals surface area contributed by atoms with Gasteiger partial charge in [0.05, 0.1) is 12.1 Å². The van der Waals surface area contributed by atoms with Gasteiger partial charge < -0.3 is 29.4 Å². The number of fused-ring (bicyclic) bond motifs is 2. The Hall–Kier alpha value is -2.44. The normalized spacial score (nSPS) is 16.5. The molecule has 2 aromatic rings. The first-order valence-corrected chi connectivity index (χ1v) is 8.97. The van der Waals surface area contributed by atoms with E-state index < -0.39 is 6.10 Å². The van der Waals surface area contributed by atoms with Crippen molar-refractivity contribution in [3.63, 3.8) is 0 Å². The van der Waals surface area contributed by atoms with Gasteiger partial charge in [-0.3, -0.25) is 0 Å². The summed E-state index contributed by atoms with van der Waals surface area (Å²) in [7, 11) is 0. The highest BCUT2D eigenvalue weighted by molar-refractivity contribution is 5.48. The van der Waals surface area contributed by atoms with Crippen molar-refractivity contribution < 1.29 is 24.1 Å². The van der Waals surface area contributed by atoms with Crippen molar-refractivity contribution in [2.24, 2.45) is 0 Å². The molecule has 0 aromatic heterocycles. The van der Waals surface area contributed by atoms with Crippen molar-refractivity contribution in [1.82, 2.24) is 5.32 Å². The molecule has 138 valence electrons. The molecule has 0 unspecified atom stereocenters. The zero-order valence-electron chi connectivity index (χ0n) is 14.7. The van der Waals surface area contributed by atoms with Crippen LogP contribution in [-0.4, -0.2) is 25.2 Å². The topological polar surface area (TPSA) is 69.2 Å². The van der Waals surface area contributed by atoms with Gasteiger partial charge in [0.25, 0.3) is 0 Å². The second kappa shape index (κ2) is 7.43. The maximum atomic E-state index is 11.1. The summed E-state index contributed by atoms with van der Waals surface area (Å²) in [4.78, 5) is 0. The van der Waals surface area contributed by atoms with Crippen molar-refractivity contribution in [2.75, 3.05) is 20.1 Å². The fourth-order valence-electron chi connectivity index (χ4n) is 3.24. The van der Waals surface area contributed by atoms with Crippen LogP contribution in [0.25, 0.3) is 0 Å². The number of hydrogen-bond donors (Lipinski definition) is 2. The maximum Gasteiger partial charge on any atom is 0.231 e. The molecule has 0 aliphatic carbocycles. The van der Waals surface area contributed by atoms with Crippen LogP contribution in [0.3, 0.4) is 0 Å². The van der Waals surface area contributed by atoms with Crippen LogP contribution in [0.15, 0.2) is 36.4 Å². The van der Waals surface area contributed by atoms with Crippen molar-refractivity contribution in [3.05, 3.63) is 47.5 Å². The first-order valence-electron chi connectivity index (χ1n) is 8.97. The fourth-order valence-corrected chi connectivity index (χ4v) is 3.24. The Kier molecular flexibility index (Phi) is 4.86. The first kappa shape index (κ1) is 17.0. The molecule has 0 amide bonds. The molecule has 0 bridgehead atoms. The highest BCUT2D eigenvalue weighted by Crippen LogP contribution is 2.40. The average Bonchev–Trinajstić information content (AvgIpc) is 3.32. The van der Waals surface area contributed by atoms with Gasteiger partial charge in [-0.25, -0.2) is 0 Å². The van der Waals surface area contributed by atoms with E-state index in [1.165, 1.54) is 0 Å². The van der Waals surface area contributed by atoms with E-state index in [1.807, 2.05) is 36.4 Å². The molecule has 2 aliphatic rings. The molecule has 0 saturated heterocycles. The lowest BCUT2D eigenvalue weighted by atomic mass is 9.95. The Balaban J connectivity index is 1.61. The SMILES string of the molecule is CCCCN[C@@H](c1ccc2c(c1)OCO2)[C@@H](O)c1ccc2c(c1)OCO2. The molecular formula is C20H23NO5. The summed E-state index contributed by atoms with van der Waals surface area (Å²) in [5.41, 5.74) is 1.73. The largest absolute Gasteiger partial charge is 0.454 e. The zero-order chi connectivity index (χ0) is 17.9. The Labute approximate surface area is 152 Å².